The number of carbonyl (C=O) groups is 1. The molecule has 132 valence electrons. The summed E-state index contributed by atoms with van der Waals surface area (Å²) >= 11 is 13.7. The van der Waals surface area contributed by atoms with Gasteiger partial charge in [-0.1, -0.05) is 35.3 Å². The van der Waals surface area contributed by atoms with Crippen LogP contribution in [0.5, 0.6) is 11.5 Å². The summed E-state index contributed by atoms with van der Waals surface area (Å²) in [6.07, 6.45) is 0.816. The first kappa shape index (κ1) is 18.2. The van der Waals surface area contributed by atoms with Gasteiger partial charge in [-0.25, -0.2) is 0 Å². The largest absolute Gasteiger partial charge is 0.489 e. The van der Waals surface area contributed by atoms with Crippen LogP contribution in [0.1, 0.15) is 12.0 Å². The monoisotopic (exact) mass is 397 g/mol. The summed E-state index contributed by atoms with van der Waals surface area (Å²) in [6, 6.07) is 11.1. The molecule has 25 heavy (non-hydrogen) atoms. The summed E-state index contributed by atoms with van der Waals surface area (Å²) in [7, 11) is 0. The molecule has 2 aromatic rings. The Morgan fingerprint density at radius 1 is 1.12 bits per heavy atom. The number of thioether (sulfide) groups is 1. The number of hydrogen-bond acceptors (Lipinski definition) is 4. The molecule has 0 saturated carbocycles. The highest BCUT2D eigenvalue weighted by atomic mass is 35.5. The van der Waals surface area contributed by atoms with E-state index < -0.39 is 0 Å². The number of amides is 1. The molecule has 1 aliphatic rings. The van der Waals surface area contributed by atoms with Gasteiger partial charge >= 0.3 is 0 Å². The maximum Gasteiger partial charge on any atom is 0.230 e. The van der Waals surface area contributed by atoms with Crippen molar-refractivity contribution in [2.24, 2.45) is 0 Å². The third kappa shape index (κ3) is 4.97. The van der Waals surface area contributed by atoms with E-state index in [9.17, 15) is 4.79 Å². The first-order chi connectivity index (χ1) is 12.1. The minimum Gasteiger partial charge on any atom is -0.489 e. The maximum absolute atomic E-state index is 12.1. The molecule has 2 aromatic carbocycles. The van der Waals surface area contributed by atoms with Crippen LogP contribution in [-0.4, -0.2) is 24.9 Å². The van der Waals surface area contributed by atoms with E-state index >= 15 is 0 Å². The van der Waals surface area contributed by atoms with Crippen molar-refractivity contribution in [1.29, 1.82) is 0 Å². The molecule has 3 rings (SSSR count). The van der Waals surface area contributed by atoms with Crippen LogP contribution < -0.4 is 14.8 Å². The van der Waals surface area contributed by atoms with Gasteiger partial charge in [0.25, 0.3) is 0 Å². The van der Waals surface area contributed by atoms with Gasteiger partial charge in [0.1, 0.15) is 0 Å². The Balaban J connectivity index is 1.56. The van der Waals surface area contributed by atoms with Gasteiger partial charge in [-0.15, -0.1) is 11.8 Å². The van der Waals surface area contributed by atoms with Crippen LogP contribution in [0.3, 0.4) is 0 Å². The smallest absolute Gasteiger partial charge is 0.230 e. The van der Waals surface area contributed by atoms with Gasteiger partial charge < -0.3 is 14.8 Å². The number of benzene rings is 2. The van der Waals surface area contributed by atoms with Gasteiger partial charge in [-0.2, -0.15) is 0 Å². The minimum absolute atomic E-state index is 0.0758. The van der Waals surface area contributed by atoms with Gasteiger partial charge in [0.15, 0.2) is 11.5 Å². The number of fused-ring (bicyclic) bond motifs is 1. The maximum atomic E-state index is 12.1. The van der Waals surface area contributed by atoms with E-state index in [2.05, 4.69) is 5.32 Å². The zero-order valence-corrected chi connectivity index (χ0v) is 15.7. The first-order valence-corrected chi connectivity index (χ1v) is 9.59. The zero-order valence-electron chi connectivity index (χ0n) is 13.4. The Kier molecular flexibility index (Phi) is 6.34. The van der Waals surface area contributed by atoms with Crippen molar-refractivity contribution in [1.82, 2.24) is 5.32 Å². The van der Waals surface area contributed by atoms with Crippen molar-refractivity contribution in [2.45, 2.75) is 17.9 Å². The van der Waals surface area contributed by atoms with Crippen molar-refractivity contribution >= 4 is 40.9 Å². The van der Waals surface area contributed by atoms with Crippen molar-refractivity contribution in [3.8, 4) is 11.5 Å². The fourth-order valence-electron chi connectivity index (χ4n) is 2.34. The third-order valence-electron chi connectivity index (χ3n) is 3.55. The normalized spacial score (nSPS) is 13.2. The molecular weight excluding hydrogens is 381 g/mol. The molecule has 7 heteroatoms. The molecule has 0 spiro atoms. The lowest BCUT2D eigenvalue weighted by Gasteiger charge is -2.12. The lowest BCUT2D eigenvalue weighted by molar-refractivity contribution is -0.118. The van der Waals surface area contributed by atoms with Crippen LogP contribution in [0.2, 0.25) is 10.0 Å². The van der Waals surface area contributed by atoms with Crippen LogP contribution in [0.4, 0.5) is 0 Å². The Morgan fingerprint density at radius 2 is 1.92 bits per heavy atom. The second kappa shape index (κ2) is 8.70. The summed E-state index contributed by atoms with van der Waals surface area (Å²) in [5.41, 5.74) is 0.866. The number of halogens is 2. The molecule has 0 radical (unpaired) electrons. The Labute approximate surface area is 160 Å². The summed E-state index contributed by atoms with van der Waals surface area (Å²) in [5, 5.41) is 4.02. The number of carbonyl (C=O) groups excluding carboxylic acids is 1. The Hall–Kier alpha value is -1.56. The number of ether oxygens (including phenoxy) is 2. The SMILES string of the molecule is O=C(CSc1ccccc1Cl)NCc1cc(Cl)c2c(c1)OCCCO2. The van der Waals surface area contributed by atoms with Crippen molar-refractivity contribution in [2.75, 3.05) is 19.0 Å². The average molecular weight is 398 g/mol. The molecule has 1 N–H and O–H groups in total. The lowest BCUT2D eigenvalue weighted by Crippen LogP contribution is -2.24. The molecule has 0 fully saturated rings. The summed E-state index contributed by atoms with van der Waals surface area (Å²) in [4.78, 5) is 13.0. The highest BCUT2D eigenvalue weighted by Gasteiger charge is 2.16. The summed E-state index contributed by atoms with van der Waals surface area (Å²) < 4.78 is 11.3. The molecule has 0 unspecified atom stereocenters. The molecule has 0 aromatic heterocycles. The Morgan fingerprint density at radius 3 is 2.76 bits per heavy atom. The van der Waals surface area contributed by atoms with Crippen LogP contribution in [0.15, 0.2) is 41.3 Å². The van der Waals surface area contributed by atoms with E-state index in [0.717, 1.165) is 16.9 Å². The van der Waals surface area contributed by atoms with Gasteiger partial charge in [0.05, 0.1) is 29.0 Å². The standard InChI is InChI=1S/C18H17Cl2NO3S/c19-13-4-1-2-5-16(13)25-11-17(22)21-10-12-8-14(20)18-15(9-12)23-6-3-7-24-18/h1-2,4-5,8-9H,3,6-7,10-11H2,(H,21,22). The van der Waals surface area contributed by atoms with Crippen LogP contribution >= 0.6 is 35.0 Å². The number of rotatable bonds is 5. The molecule has 4 nitrogen and oxygen atoms in total. The van der Waals surface area contributed by atoms with E-state index in [-0.39, 0.29) is 5.91 Å². The highest BCUT2D eigenvalue weighted by Crippen LogP contribution is 2.38. The predicted octanol–water partition coefficient (Wildman–Crippen LogP) is 4.56. The number of nitrogens with one attached hydrogen (secondary N) is 1. The molecule has 0 saturated heterocycles. The van der Waals surface area contributed by atoms with E-state index in [0.29, 0.717) is 47.1 Å². The molecule has 1 amide bonds. The second-order valence-electron chi connectivity index (χ2n) is 5.45. The van der Waals surface area contributed by atoms with Crippen LogP contribution in [0, 0.1) is 0 Å². The average Bonchev–Trinajstić information content (AvgIpc) is 2.85. The highest BCUT2D eigenvalue weighted by molar-refractivity contribution is 8.00. The fraction of sp³-hybridized carbons (Fsp3) is 0.278. The quantitative estimate of drug-likeness (QED) is 0.750. The van der Waals surface area contributed by atoms with Crippen molar-refractivity contribution < 1.29 is 14.3 Å². The zero-order chi connectivity index (χ0) is 17.6. The summed E-state index contributed by atoms with van der Waals surface area (Å²) in [6.45, 7) is 1.55. The molecule has 0 aliphatic carbocycles. The van der Waals surface area contributed by atoms with Crippen LogP contribution in [-0.2, 0) is 11.3 Å². The van der Waals surface area contributed by atoms with E-state index in [1.54, 1.807) is 6.07 Å². The fourth-order valence-corrected chi connectivity index (χ4v) is 3.70. The molecule has 0 bridgehead atoms. The van der Waals surface area contributed by atoms with E-state index in [1.807, 2.05) is 30.3 Å². The minimum atomic E-state index is -0.0758. The van der Waals surface area contributed by atoms with Crippen molar-refractivity contribution in [3.63, 3.8) is 0 Å². The number of hydrogen-bond donors (Lipinski definition) is 1. The van der Waals surface area contributed by atoms with E-state index in [4.69, 9.17) is 32.7 Å². The third-order valence-corrected chi connectivity index (χ3v) is 5.34. The van der Waals surface area contributed by atoms with Crippen LogP contribution in [0.25, 0.3) is 0 Å². The lowest BCUT2D eigenvalue weighted by atomic mass is 10.2. The van der Waals surface area contributed by atoms with Gasteiger partial charge in [-0.05, 0) is 29.8 Å². The first-order valence-electron chi connectivity index (χ1n) is 7.85. The molecule has 0 atom stereocenters. The van der Waals surface area contributed by atoms with Gasteiger partial charge in [0.2, 0.25) is 5.91 Å². The topological polar surface area (TPSA) is 47.6 Å². The van der Waals surface area contributed by atoms with Gasteiger partial charge in [-0.3, -0.25) is 4.79 Å². The molecule has 1 heterocycles. The molecule has 1 aliphatic heterocycles. The Bertz CT molecular complexity index is 770. The van der Waals surface area contributed by atoms with E-state index in [1.165, 1.54) is 11.8 Å². The predicted molar refractivity (Wildman–Crippen MR) is 101 cm³/mol. The van der Waals surface area contributed by atoms with Gasteiger partial charge in [0, 0.05) is 17.9 Å². The van der Waals surface area contributed by atoms with Crippen molar-refractivity contribution in [3.05, 3.63) is 52.0 Å². The molecular formula is C18H17Cl2NO3S. The second-order valence-corrected chi connectivity index (χ2v) is 7.28. The summed E-state index contributed by atoms with van der Waals surface area (Å²) in [5.74, 6) is 1.42.